The van der Waals surface area contributed by atoms with Gasteiger partial charge < -0.3 is 4.74 Å². The summed E-state index contributed by atoms with van der Waals surface area (Å²) in [5.74, 6) is -1.47. The van der Waals surface area contributed by atoms with Crippen LogP contribution in [0.1, 0.15) is 74.2 Å². The number of imide groups is 1. The second-order valence-electron chi connectivity index (χ2n) is 10.7. The van der Waals surface area contributed by atoms with Gasteiger partial charge in [0.2, 0.25) is 11.8 Å². The van der Waals surface area contributed by atoms with Crippen LogP contribution in [0.5, 0.6) is 0 Å². The van der Waals surface area contributed by atoms with E-state index in [1.165, 1.54) is 0 Å². The van der Waals surface area contributed by atoms with Crippen LogP contribution in [0.15, 0.2) is 24.3 Å². The van der Waals surface area contributed by atoms with Crippen LogP contribution in [0.4, 0.5) is 4.39 Å². The van der Waals surface area contributed by atoms with Crippen molar-refractivity contribution in [2.45, 2.75) is 77.5 Å². The standard InChI is InChI=1S/C27H30FN5O3.C2H6/c1-15-11-17(32(4)31-15)13-33-10-9-27(26(3,14-33)36-27)21-6-7-22-20(24(21)28)12-19(16(2)29-22)18-5-8-23(34)30-25(18)35;1-2/h6-7,11-12,18H,5,8-10,13-14H2,1-4H3,(H,30,34,35);1-2H3. The molecule has 0 saturated carbocycles. The minimum atomic E-state index is -0.677. The summed E-state index contributed by atoms with van der Waals surface area (Å²) < 4.78 is 24.4. The highest BCUT2D eigenvalue weighted by Crippen LogP contribution is 2.61. The van der Waals surface area contributed by atoms with Gasteiger partial charge in [-0.2, -0.15) is 5.10 Å². The molecule has 202 valence electrons. The summed E-state index contributed by atoms with van der Waals surface area (Å²) in [6.07, 6.45) is 1.35. The Balaban J connectivity index is 0.00000144. The number of pyridine rings is 1. The number of carbonyl (C=O) groups is 2. The van der Waals surface area contributed by atoms with Crippen molar-refractivity contribution in [3.8, 4) is 0 Å². The van der Waals surface area contributed by atoms with Crippen LogP contribution >= 0.6 is 0 Å². The molecule has 3 aliphatic rings. The molecular weight excluding hydrogens is 485 g/mol. The van der Waals surface area contributed by atoms with Crippen LogP contribution in [0.3, 0.4) is 0 Å². The summed E-state index contributed by atoms with van der Waals surface area (Å²) in [6.45, 7) is 12.1. The zero-order valence-electron chi connectivity index (χ0n) is 23.0. The molecule has 3 saturated heterocycles. The van der Waals surface area contributed by atoms with Gasteiger partial charge >= 0.3 is 0 Å². The molecule has 0 bridgehead atoms. The van der Waals surface area contributed by atoms with Crippen LogP contribution in [0.2, 0.25) is 0 Å². The summed E-state index contributed by atoms with van der Waals surface area (Å²) in [7, 11) is 1.95. The first-order chi connectivity index (χ1) is 18.1. The van der Waals surface area contributed by atoms with Crippen molar-refractivity contribution < 1.29 is 18.7 Å². The van der Waals surface area contributed by atoms with Crippen molar-refractivity contribution in [1.29, 1.82) is 0 Å². The van der Waals surface area contributed by atoms with Crippen LogP contribution in [-0.4, -0.2) is 50.2 Å². The molecule has 3 fully saturated rings. The van der Waals surface area contributed by atoms with Gasteiger partial charge in [-0.15, -0.1) is 0 Å². The van der Waals surface area contributed by atoms with E-state index in [2.05, 4.69) is 33.3 Å². The maximum absolute atomic E-state index is 16.1. The highest BCUT2D eigenvalue weighted by Gasteiger charge is 2.70. The Kier molecular flexibility index (Phi) is 6.64. The lowest BCUT2D eigenvalue weighted by Crippen LogP contribution is -2.44. The lowest BCUT2D eigenvalue weighted by molar-refractivity contribution is -0.134. The third-order valence-corrected chi connectivity index (χ3v) is 8.21. The number of benzene rings is 1. The van der Waals surface area contributed by atoms with Crippen LogP contribution in [0, 0.1) is 19.7 Å². The number of amides is 2. The number of fused-ring (bicyclic) bond motifs is 2. The zero-order valence-corrected chi connectivity index (χ0v) is 23.0. The molecule has 0 aliphatic carbocycles. The first kappa shape index (κ1) is 26.4. The van der Waals surface area contributed by atoms with Gasteiger partial charge in [-0.3, -0.25) is 29.5 Å². The van der Waals surface area contributed by atoms with Gasteiger partial charge in [0.05, 0.1) is 22.8 Å². The molecule has 3 atom stereocenters. The van der Waals surface area contributed by atoms with Gasteiger partial charge in [-0.05, 0) is 57.4 Å². The number of nitrogens with one attached hydrogen (secondary N) is 1. The SMILES string of the molecule is CC.Cc1cc(CN2CCC3(c4ccc5nc(C)c(C6CCC(=O)NC6=O)cc5c4F)OC3(C)C2)n(C)n1. The molecule has 5 heterocycles. The third kappa shape index (κ3) is 4.22. The van der Waals surface area contributed by atoms with E-state index in [-0.39, 0.29) is 24.1 Å². The molecule has 8 nitrogen and oxygen atoms in total. The summed E-state index contributed by atoms with van der Waals surface area (Å²) >= 11 is 0. The zero-order chi connectivity index (χ0) is 27.4. The molecule has 2 amide bonds. The lowest BCUT2D eigenvalue weighted by Gasteiger charge is -2.32. The number of ether oxygens (including phenoxy) is 1. The van der Waals surface area contributed by atoms with E-state index in [1.807, 2.05) is 45.5 Å². The van der Waals surface area contributed by atoms with Crippen molar-refractivity contribution in [1.82, 2.24) is 25.0 Å². The maximum atomic E-state index is 16.1. The number of piperidine rings is 2. The molecular formula is C29H36FN5O3. The maximum Gasteiger partial charge on any atom is 0.234 e. The second kappa shape index (κ2) is 9.54. The fraction of sp³-hybridized carbons (Fsp3) is 0.517. The van der Waals surface area contributed by atoms with Gasteiger partial charge in [-0.1, -0.05) is 19.9 Å². The van der Waals surface area contributed by atoms with Crippen LogP contribution in [0.25, 0.3) is 10.9 Å². The summed E-state index contributed by atoms with van der Waals surface area (Å²) in [5, 5.41) is 7.22. The van der Waals surface area contributed by atoms with Crippen molar-refractivity contribution in [3.63, 3.8) is 0 Å². The molecule has 9 heteroatoms. The highest BCUT2D eigenvalue weighted by molar-refractivity contribution is 6.01. The number of nitrogens with zero attached hydrogens (tertiary/aromatic N) is 4. The Morgan fingerprint density at radius 1 is 1.21 bits per heavy atom. The largest absolute Gasteiger partial charge is 0.356 e. The van der Waals surface area contributed by atoms with E-state index in [9.17, 15) is 9.59 Å². The third-order valence-electron chi connectivity index (χ3n) is 8.21. The molecule has 0 radical (unpaired) electrons. The first-order valence-electron chi connectivity index (χ1n) is 13.5. The Morgan fingerprint density at radius 2 is 1.97 bits per heavy atom. The molecule has 2 aromatic heterocycles. The summed E-state index contributed by atoms with van der Waals surface area (Å²) in [6, 6.07) is 7.49. The van der Waals surface area contributed by atoms with Gasteiger partial charge in [0.25, 0.3) is 0 Å². The smallest absolute Gasteiger partial charge is 0.234 e. The fourth-order valence-electron chi connectivity index (χ4n) is 6.28. The van der Waals surface area contributed by atoms with E-state index in [4.69, 9.17) is 4.74 Å². The van der Waals surface area contributed by atoms with E-state index < -0.39 is 17.1 Å². The predicted octanol–water partition coefficient (Wildman–Crippen LogP) is 4.16. The first-order valence-corrected chi connectivity index (χ1v) is 13.5. The number of halogens is 1. The summed E-state index contributed by atoms with van der Waals surface area (Å²) in [5.41, 5.74) is 3.41. The number of hydrogen-bond acceptors (Lipinski definition) is 6. The molecule has 38 heavy (non-hydrogen) atoms. The number of rotatable bonds is 4. The van der Waals surface area contributed by atoms with Gasteiger partial charge in [0, 0.05) is 49.7 Å². The average molecular weight is 522 g/mol. The number of likely N-dealkylation sites (tertiary alicyclic amines) is 1. The van der Waals surface area contributed by atoms with Crippen LogP contribution < -0.4 is 5.32 Å². The summed E-state index contributed by atoms with van der Waals surface area (Å²) in [4.78, 5) is 31.1. The molecule has 1 N–H and O–H groups in total. The van der Waals surface area contributed by atoms with Crippen LogP contribution in [-0.2, 0) is 33.5 Å². The molecule has 3 aliphatic heterocycles. The van der Waals surface area contributed by atoms with Gasteiger partial charge in [0.1, 0.15) is 17.0 Å². The van der Waals surface area contributed by atoms with E-state index >= 15 is 4.39 Å². The van der Waals surface area contributed by atoms with Gasteiger partial charge in [-0.25, -0.2) is 4.39 Å². The number of aryl methyl sites for hydroxylation is 3. The Labute approximate surface area is 222 Å². The highest BCUT2D eigenvalue weighted by atomic mass is 19.1. The minimum Gasteiger partial charge on any atom is -0.356 e. The van der Waals surface area contributed by atoms with E-state index in [1.54, 1.807) is 12.1 Å². The fourth-order valence-corrected chi connectivity index (χ4v) is 6.28. The van der Waals surface area contributed by atoms with Crippen molar-refractivity contribution in [2.75, 3.05) is 13.1 Å². The topological polar surface area (TPSA) is 92.6 Å². The Bertz CT molecular complexity index is 1440. The average Bonchev–Trinajstić information content (AvgIpc) is 3.38. The Morgan fingerprint density at radius 3 is 2.63 bits per heavy atom. The normalized spacial score (nSPS) is 27.0. The van der Waals surface area contributed by atoms with Gasteiger partial charge in [0.15, 0.2) is 0 Å². The monoisotopic (exact) mass is 521 g/mol. The van der Waals surface area contributed by atoms with Crippen molar-refractivity contribution in [2.24, 2.45) is 7.05 Å². The number of epoxide rings is 1. The minimum absolute atomic E-state index is 0.264. The molecule has 0 spiro atoms. The second-order valence-corrected chi connectivity index (χ2v) is 10.7. The lowest BCUT2D eigenvalue weighted by atomic mass is 9.80. The molecule has 1 aromatic carbocycles. The van der Waals surface area contributed by atoms with Crippen molar-refractivity contribution >= 4 is 22.7 Å². The number of carbonyl (C=O) groups excluding carboxylic acids is 2. The Hall–Kier alpha value is -3.17. The molecule has 6 rings (SSSR count). The number of aromatic nitrogens is 3. The molecule has 3 unspecified atom stereocenters. The predicted molar refractivity (Wildman–Crippen MR) is 142 cm³/mol. The molecule has 3 aromatic rings. The van der Waals surface area contributed by atoms with E-state index in [0.29, 0.717) is 47.1 Å². The van der Waals surface area contributed by atoms with Crippen molar-refractivity contribution in [3.05, 3.63) is 58.3 Å². The number of hydrogen-bond donors (Lipinski definition) is 1. The van der Waals surface area contributed by atoms with E-state index in [0.717, 1.165) is 24.5 Å². The quantitative estimate of drug-likeness (QED) is 0.409.